The Labute approximate surface area is 196 Å². The summed E-state index contributed by atoms with van der Waals surface area (Å²) in [4.78, 5) is 23.1. The van der Waals surface area contributed by atoms with Gasteiger partial charge in [-0.3, -0.25) is 0 Å². The van der Waals surface area contributed by atoms with E-state index < -0.39 is 0 Å². The van der Waals surface area contributed by atoms with Crippen molar-refractivity contribution in [1.29, 1.82) is 0 Å². The Morgan fingerprint density at radius 3 is 2.47 bits per heavy atom. The maximum atomic E-state index is 4.92. The van der Waals surface area contributed by atoms with Gasteiger partial charge in [-0.25, -0.2) is 24.9 Å². The van der Waals surface area contributed by atoms with E-state index in [1.807, 2.05) is 77.5 Å². The molecular weight excluding hydrogens is 422 g/mol. The summed E-state index contributed by atoms with van der Waals surface area (Å²) in [6, 6.07) is 24.1. The van der Waals surface area contributed by atoms with Gasteiger partial charge in [0.05, 0.1) is 11.4 Å². The standard InChI is InChI=1S/C27H21N7/c1-2-7-19(8-3-1)22(26-29-13-6-14-30-26)17-31-27-21-9-4-5-10-23(21)32-25(33-27)20-11-12-24-28-15-16-34(24)18-20/h1-16,18,22H,17H2,(H,31,32,33). The van der Waals surface area contributed by atoms with Gasteiger partial charge in [-0.05, 0) is 35.9 Å². The average Bonchev–Trinajstić information content (AvgIpc) is 3.38. The molecule has 7 nitrogen and oxygen atoms in total. The molecule has 1 N–H and O–H groups in total. The number of para-hydroxylation sites is 1. The Morgan fingerprint density at radius 1 is 0.765 bits per heavy atom. The molecule has 0 aliphatic carbocycles. The minimum Gasteiger partial charge on any atom is -0.368 e. The number of rotatable bonds is 6. The molecule has 34 heavy (non-hydrogen) atoms. The number of nitrogens with one attached hydrogen (secondary N) is 1. The van der Waals surface area contributed by atoms with Crippen LogP contribution in [0.5, 0.6) is 0 Å². The Bertz CT molecular complexity index is 1520. The van der Waals surface area contributed by atoms with Gasteiger partial charge < -0.3 is 9.72 Å². The highest BCUT2D eigenvalue weighted by molar-refractivity contribution is 5.90. The van der Waals surface area contributed by atoms with Crippen LogP contribution in [0.4, 0.5) is 5.82 Å². The van der Waals surface area contributed by atoms with Gasteiger partial charge in [0, 0.05) is 48.5 Å². The molecule has 0 saturated carbocycles. The fraction of sp³-hybridized carbons (Fsp3) is 0.0741. The lowest BCUT2D eigenvalue weighted by molar-refractivity contribution is 0.771. The van der Waals surface area contributed by atoms with Gasteiger partial charge >= 0.3 is 0 Å². The predicted molar refractivity (Wildman–Crippen MR) is 133 cm³/mol. The second kappa shape index (κ2) is 8.71. The SMILES string of the molecule is c1ccc(C(CNc2nc(-c3ccc4nccn4c3)nc3ccccc23)c2ncccn2)cc1. The molecule has 4 heterocycles. The largest absolute Gasteiger partial charge is 0.368 e. The van der Waals surface area contributed by atoms with Crippen LogP contribution in [0.2, 0.25) is 0 Å². The van der Waals surface area contributed by atoms with E-state index in [1.165, 1.54) is 0 Å². The maximum absolute atomic E-state index is 4.92. The molecule has 1 unspecified atom stereocenters. The fourth-order valence-corrected chi connectivity index (χ4v) is 4.13. The van der Waals surface area contributed by atoms with Crippen LogP contribution in [0.1, 0.15) is 17.3 Å². The molecule has 0 spiro atoms. The van der Waals surface area contributed by atoms with Crippen molar-refractivity contribution in [3.05, 3.63) is 115 Å². The van der Waals surface area contributed by atoms with E-state index in [4.69, 9.17) is 9.97 Å². The van der Waals surface area contributed by atoms with Crippen molar-refractivity contribution in [1.82, 2.24) is 29.3 Å². The summed E-state index contributed by atoms with van der Waals surface area (Å²) < 4.78 is 1.97. The number of fused-ring (bicyclic) bond motifs is 2. The zero-order chi connectivity index (χ0) is 22.7. The second-order valence-electron chi connectivity index (χ2n) is 7.97. The van der Waals surface area contributed by atoms with Crippen LogP contribution >= 0.6 is 0 Å². The first kappa shape index (κ1) is 20.0. The van der Waals surface area contributed by atoms with E-state index in [0.29, 0.717) is 12.4 Å². The number of anilines is 1. The Kier molecular flexibility index (Phi) is 5.12. The molecule has 0 saturated heterocycles. The number of benzene rings is 2. The van der Waals surface area contributed by atoms with Crippen molar-refractivity contribution in [2.75, 3.05) is 11.9 Å². The minimum atomic E-state index is -0.0260. The van der Waals surface area contributed by atoms with E-state index >= 15 is 0 Å². The quantitative estimate of drug-likeness (QED) is 0.391. The smallest absolute Gasteiger partial charge is 0.163 e. The molecule has 0 bridgehead atoms. The van der Waals surface area contributed by atoms with Crippen molar-refractivity contribution >= 4 is 22.4 Å². The number of aromatic nitrogens is 6. The van der Waals surface area contributed by atoms with Gasteiger partial charge in [0.25, 0.3) is 0 Å². The number of nitrogens with zero attached hydrogens (tertiary/aromatic N) is 6. The molecule has 7 heteroatoms. The molecule has 1 atom stereocenters. The Balaban J connectivity index is 1.40. The zero-order valence-corrected chi connectivity index (χ0v) is 18.3. The molecule has 0 amide bonds. The number of imidazole rings is 1. The second-order valence-corrected chi connectivity index (χ2v) is 7.97. The summed E-state index contributed by atoms with van der Waals surface area (Å²) in [5.41, 5.74) is 3.83. The summed E-state index contributed by atoms with van der Waals surface area (Å²) >= 11 is 0. The summed E-state index contributed by atoms with van der Waals surface area (Å²) in [6.07, 6.45) is 9.26. The molecule has 0 radical (unpaired) electrons. The third kappa shape index (κ3) is 3.84. The first-order valence-corrected chi connectivity index (χ1v) is 11.1. The van der Waals surface area contributed by atoms with E-state index in [2.05, 4.69) is 32.4 Å². The van der Waals surface area contributed by atoms with Gasteiger partial charge in [0.1, 0.15) is 17.3 Å². The molecule has 0 aliphatic heterocycles. The molecule has 4 aromatic heterocycles. The molecule has 6 aromatic rings. The lowest BCUT2D eigenvalue weighted by Crippen LogP contribution is -2.17. The molecule has 0 fully saturated rings. The lowest BCUT2D eigenvalue weighted by atomic mass is 9.98. The minimum absolute atomic E-state index is 0.0260. The topological polar surface area (TPSA) is 80.9 Å². The third-order valence-corrected chi connectivity index (χ3v) is 5.82. The van der Waals surface area contributed by atoms with E-state index in [1.54, 1.807) is 18.6 Å². The van der Waals surface area contributed by atoms with Crippen molar-refractivity contribution in [3.63, 3.8) is 0 Å². The van der Waals surface area contributed by atoms with Gasteiger partial charge in [0.2, 0.25) is 0 Å². The fourth-order valence-electron chi connectivity index (χ4n) is 4.13. The number of hydrogen-bond donors (Lipinski definition) is 1. The Morgan fingerprint density at radius 2 is 1.59 bits per heavy atom. The number of pyridine rings is 1. The normalized spacial score (nSPS) is 12.1. The van der Waals surface area contributed by atoms with Gasteiger partial charge in [-0.2, -0.15) is 0 Å². The van der Waals surface area contributed by atoms with Crippen LogP contribution in [0.3, 0.4) is 0 Å². The summed E-state index contributed by atoms with van der Waals surface area (Å²) in [5.74, 6) is 2.18. The zero-order valence-electron chi connectivity index (χ0n) is 18.3. The van der Waals surface area contributed by atoms with Crippen LogP contribution in [0, 0.1) is 0 Å². The van der Waals surface area contributed by atoms with Crippen molar-refractivity contribution in [2.45, 2.75) is 5.92 Å². The van der Waals surface area contributed by atoms with Crippen LogP contribution in [-0.4, -0.2) is 35.9 Å². The molecule has 164 valence electrons. The molecule has 2 aromatic carbocycles. The van der Waals surface area contributed by atoms with Crippen LogP contribution in [0.25, 0.3) is 27.9 Å². The summed E-state index contributed by atoms with van der Waals surface area (Å²) in [5, 5.41) is 4.55. The van der Waals surface area contributed by atoms with E-state index in [-0.39, 0.29) is 5.92 Å². The van der Waals surface area contributed by atoms with Crippen molar-refractivity contribution in [2.24, 2.45) is 0 Å². The average molecular weight is 444 g/mol. The highest BCUT2D eigenvalue weighted by atomic mass is 15.0. The Hall–Kier alpha value is -4.65. The van der Waals surface area contributed by atoms with E-state index in [0.717, 1.165) is 39.3 Å². The van der Waals surface area contributed by atoms with Crippen molar-refractivity contribution < 1.29 is 0 Å². The summed E-state index contributed by atoms with van der Waals surface area (Å²) in [6.45, 7) is 0.592. The van der Waals surface area contributed by atoms with Gasteiger partial charge in [0.15, 0.2) is 5.82 Å². The summed E-state index contributed by atoms with van der Waals surface area (Å²) in [7, 11) is 0. The van der Waals surface area contributed by atoms with Crippen LogP contribution < -0.4 is 5.32 Å². The van der Waals surface area contributed by atoms with Crippen LogP contribution in [-0.2, 0) is 0 Å². The first-order chi connectivity index (χ1) is 16.8. The molecular formula is C27H21N7. The number of hydrogen-bond acceptors (Lipinski definition) is 6. The van der Waals surface area contributed by atoms with Crippen molar-refractivity contribution in [3.8, 4) is 11.4 Å². The predicted octanol–water partition coefficient (Wildman–Crippen LogP) is 4.98. The highest BCUT2D eigenvalue weighted by Gasteiger charge is 2.18. The van der Waals surface area contributed by atoms with Gasteiger partial charge in [-0.15, -0.1) is 0 Å². The monoisotopic (exact) mass is 443 g/mol. The van der Waals surface area contributed by atoms with Crippen LogP contribution in [0.15, 0.2) is 104 Å². The maximum Gasteiger partial charge on any atom is 0.163 e. The van der Waals surface area contributed by atoms with E-state index in [9.17, 15) is 0 Å². The van der Waals surface area contributed by atoms with Gasteiger partial charge in [-0.1, -0.05) is 42.5 Å². The molecule has 6 rings (SSSR count). The lowest BCUT2D eigenvalue weighted by Gasteiger charge is -2.18. The first-order valence-electron chi connectivity index (χ1n) is 11.1. The third-order valence-electron chi connectivity index (χ3n) is 5.82. The molecule has 0 aliphatic rings. The highest BCUT2D eigenvalue weighted by Crippen LogP contribution is 2.27.